The molecular weight excluding hydrogens is 438 g/mol. The first-order valence-electron chi connectivity index (χ1n) is 12.4. The van der Waals surface area contributed by atoms with Gasteiger partial charge >= 0.3 is 0 Å². The van der Waals surface area contributed by atoms with Crippen LogP contribution in [0.1, 0.15) is 39.9 Å². The second-order valence-electron chi connectivity index (χ2n) is 9.66. The quantitative estimate of drug-likeness (QED) is 0.633. The van der Waals surface area contributed by atoms with E-state index in [1.807, 2.05) is 54.6 Å². The first-order valence-corrected chi connectivity index (χ1v) is 12.4. The topological polar surface area (TPSA) is 61.9 Å². The molecule has 1 amide bonds. The molecule has 0 saturated carbocycles. The summed E-state index contributed by atoms with van der Waals surface area (Å²) in [6.45, 7) is 3.62. The van der Waals surface area contributed by atoms with E-state index in [0.29, 0.717) is 24.6 Å². The van der Waals surface area contributed by atoms with Crippen molar-refractivity contribution in [3.63, 3.8) is 0 Å². The molecule has 0 bridgehead atoms. The van der Waals surface area contributed by atoms with E-state index in [0.717, 1.165) is 61.3 Å². The van der Waals surface area contributed by atoms with Gasteiger partial charge in [-0.1, -0.05) is 48.5 Å². The van der Waals surface area contributed by atoms with Gasteiger partial charge in [-0.05, 0) is 49.1 Å². The maximum atomic E-state index is 13.2. The largest absolute Gasteiger partial charge is 0.488 e. The fourth-order valence-corrected chi connectivity index (χ4v) is 5.67. The Bertz CT molecular complexity index is 1270. The second kappa shape index (κ2) is 8.86. The monoisotopic (exact) mass is 467 g/mol. The molecule has 6 nitrogen and oxygen atoms in total. The number of carbonyl (C=O) groups is 2. The molecule has 0 aromatic heterocycles. The standard InChI is InChI=1S/C29H29N3O3/c33-27-24-9-5-4-6-22(24)19-35-26-11-10-21(18-25(26)27)12-15-31-16-13-29(14-17-31)28(34)30-20-32(29)23-7-2-1-3-8-23/h1-11,18H,12-17,19-20H2,(H,30,34). The van der Waals surface area contributed by atoms with Gasteiger partial charge in [-0.25, -0.2) is 0 Å². The first-order chi connectivity index (χ1) is 17.1. The van der Waals surface area contributed by atoms with Crippen molar-refractivity contribution in [1.82, 2.24) is 10.2 Å². The Morgan fingerprint density at radius 2 is 1.66 bits per heavy atom. The minimum atomic E-state index is -0.459. The predicted octanol–water partition coefficient (Wildman–Crippen LogP) is 3.78. The maximum absolute atomic E-state index is 13.2. The lowest BCUT2D eigenvalue weighted by molar-refractivity contribution is -0.125. The van der Waals surface area contributed by atoms with Crippen LogP contribution in [0.5, 0.6) is 5.75 Å². The molecule has 0 radical (unpaired) electrons. The Morgan fingerprint density at radius 3 is 2.49 bits per heavy atom. The number of anilines is 1. The highest BCUT2D eigenvalue weighted by atomic mass is 16.5. The fraction of sp³-hybridized carbons (Fsp3) is 0.310. The van der Waals surface area contributed by atoms with Crippen LogP contribution >= 0.6 is 0 Å². The molecule has 178 valence electrons. The van der Waals surface area contributed by atoms with E-state index in [1.54, 1.807) is 0 Å². The van der Waals surface area contributed by atoms with Crippen molar-refractivity contribution < 1.29 is 14.3 Å². The summed E-state index contributed by atoms with van der Waals surface area (Å²) in [5, 5.41) is 3.07. The lowest BCUT2D eigenvalue weighted by Gasteiger charge is -2.43. The first kappa shape index (κ1) is 21.9. The van der Waals surface area contributed by atoms with Gasteiger partial charge in [0.25, 0.3) is 0 Å². The average Bonchev–Trinajstić information content (AvgIpc) is 3.14. The van der Waals surface area contributed by atoms with Crippen LogP contribution in [0.4, 0.5) is 5.69 Å². The number of piperidine rings is 1. The second-order valence-corrected chi connectivity index (χ2v) is 9.66. The van der Waals surface area contributed by atoms with Gasteiger partial charge in [-0.2, -0.15) is 0 Å². The van der Waals surface area contributed by atoms with E-state index in [1.165, 1.54) is 0 Å². The van der Waals surface area contributed by atoms with Gasteiger partial charge in [-0.3, -0.25) is 9.59 Å². The number of nitrogens with one attached hydrogen (secondary N) is 1. The van der Waals surface area contributed by atoms with Crippen LogP contribution in [-0.4, -0.2) is 48.4 Å². The van der Waals surface area contributed by atoms with Crippen molar-refractivity contribution in [3.05, 3.63) is 95.1 Å². The van der Waals surface area contributed by atoms with Gasteiger partial charge in [-0.15, -0.1) is 0 Å². The number of hydrogen-bond acceptors (Lipinski definition) is 5. The summed E-state index contributed by atoms with van der Waals surface area (Å²) in [4.78, 5) is 30.7. The maximum Gasteiger partial charge on any atom is 0.247 e. The van der Waals surface area contributed by atoms with E-state index in [4.69, 9.17) is 4.74 Å². The Kier molecular flexibility index (Phi) is 5.53. The molecule has 0 aliphatic carbocycles. The summed E-state index contributed by atoms with van der Waals surface area (Å²) in [5.74, 6) is 0.830. The molecule has 2 saturated heterocycles. The molecule has 6 heteroatoms. The summed E-state index contributed by atoms with van der Waals surface area (Å²) in [6.07, 6.45) is 2.46. The van der Waals surface area contributed by atoms with Crippen LogP contribution in [-0.2, 0) is 17.8 Å². The van der Waals surface area contributed by atoms with E-state index < -0.39 is 5.54 Å². The molecule has 1 spiro atoms. The number of amides is 1. The minimum absolute atomic E-state index is 0.0307. The molecule has 3 heterocycles. The molecular formula is C29H29N3O3. The highest BCUT2D eigenvalue weighted by molar-refractivity contribution is 6.12. The molecule has 3 aliphatic rings. The lowest BCUT2D eigenvalue weighted by atomic mass is 9.85. The van der Waals surface area contributed by atoms with Gasteiger partial charge in [0.05, 0.1) is 12.2 Å². The van der Waals surface area contributed by atoms with Crippen LogP contribution in [0.2, 0.25) is 0 Å². The summed E-state index contributed by atoms with van der Waals surface area (Å²) < 4.78 is 5.93. The summed E-state index contributed by atoms with van der Waals surface area (Å²) in [6, 6.07) is 23.9. The fourth-order valence-electron chi connectivity index (χ4n) is 5.67. The van der Waals surface area contributed by atoms with E-state index >= 15 is 0 Å². The highest BCUT2D eigenvalue weighted by Gasteiger charge is 2.50. The molecule has 1 N–H and O–H groups in total. The number of benzene rings is 3. The summed E-state index contributed by atoms with van der Waals surface area (Å²) >= 11 is 0. The number of nitrogens with zero attached hydrogens (tertiary/aromatic N) is 2. The van der Waals surface area contributed by atoms with Crippen molar-refractivity contribution in [3.8, 4) is 5.75 Å². The SMILES string of the molecule is O=C1c2ccccc2COc2ccc(CCN3CCC4(CC3)C(=O)NCN4c3ccccc3)cc21. The van der Waals surface area contributed by atoms with Gasteiger partial charge < -0.3 is 19.9 Å². The van der Waals surface area contributed by atoms with Gasteiger partial charge in [0.1, 0.15) is 17.9 Å². The minimum Gasteiger partial charge on any atom is -0.488 e. The smallest absolute Gasteiger partial charge is 0.247 e. The van der Waals surface area contributed by atoms with Gasteiger partial charge in [0, 0.05) is 36.4 Å². The third-order valence-corrected chi connectivity index (χ3v) is 7.74. The van der Waals surface area contributed by atoms with Gasteiger partial charge in [0.2, 0.25) is 5.91 Å². The molecule has 3 aromatic rings. The molecule has 3 aromatic carbocycles. The number of rotatable bonds is 4. The van der Waals surface area contributed by atoms with Crippen LogP contribution < -0.4 is 15.0 Å². The van der Waals surface area contributed by atoms with Crippen LogP contribution in [0.15, 0.2) is 72.8 Å². The zero-order chi connectivity index (χ0) is 23.8. The third-order valence-electron chi connectivity index (χ3n) is 7.74. The number of carbonyl (C=O) groups excluding carboxylic acids is 2. The predicted molar refractivity (Wildman–Crippen MR) is 135 cm³/mol. The number of para-hydroxylation sites is 1. The van der Waals surface area contributed by atoms with Crippen molar-refractivity contribution >= 4 is 17.4 Å². The number of likely N-dealkylation sites (tertiary alicyclic amines) is 1. The zero-order valence-corrected chi connectivity index (χ0v) is 19.7. The number of ether oxygens (including phenoxy) is 1. The van der Waals surface area contributed by atoms with Crippen LogP contribution in [0, 0.1) is 0 Å². The Labute approximate surface area is 205 Å². The molecule has 35 heavy (non-hydrogen) atoms. The summed E-state index contributed by atoms with van der Waals surface area (Å²) in [7, 11) is 0. The average molecular weight is 468 g/mol. The van der Waals surface area contributed by atoms with Crippen molar-refractivity contribution in [2.45, 2.75) is 31.4 Å². The number of fused-ring (bicyclic) bond motifs is 2. The Balaban J connectivity index is 1.13. The van der Waals surface area contributed by atoms with Crippen LogP contribution in [0.3, 0.4) is 0 Å². The molecule has 6 rings (SSSR count). The van der Waals surface area contributed by atoms with Crippen molar-refractivity contribution in [1.29, 1.82) is 0 Å². The molecule has 2 fully saturated rings. The van der Waals surface area contributed by atoms with E-state index in [-0.39, 0.29) is 11.7 Å². The molecule has 3 aliphatic heterocycles. The molecule has 0 unspecified atom stereocenters. The number of ketones is 1. The van der Waals surface area contributed by atoms with Crippen molar-refractivity contribution in [2.24, 2.45) is 0 Å². The highest BCUT2D eigenvalue weighted by Crippen LogP contribution is 2.36. The number of hydrogen-bond donors (Lipinski definition) is 1. The Morgan fingerprint density at radius 1 is 0.886 bits per heavy atom. The van der Waals surface area contributed by atoms with Crippen molar-refractivity contribution in [2.75, 3.05) is 31.2 Å². The van der Waals surface area contributed by atoms with E-state index in [9.17, 15) is 9.59 Å². The van der Waals surface area contributed by atoms with Crippen LogP contribution in [0.25, 0.3) is 0 Å². The van der Waals surface area contributed by atoms with Gasteiger partial charge in [0.15, 0.2) is 5.78 Å². The molecule has 0 atom stereocenters. The van der Waals surface area contributed by atoms with E-state index in [2.05, 4.69) is 33.3 Å². The zero-order valence-electron chi connectivity index (χ0n) is 19.7. The summed E-state index contributed by atoms with van der Waals surface area (Å²) in [5.41, 5.74) is 4.06. The third kappa shape index (κ3) is 3.88. The normalized spacial score (nSPS) is 19.0. The Hall–Kier alpha value is -3.64. The lowest BCUT2D eigenvalue weighted by Crippen LogP contribution is -2.56.